The van der Waals surface area contributed by atoms with Crippen LogP contribution in [-0.2, 0) is 37.9 Å². The van der Waals surface area contributed by atoms with Crippen molar-refractivity contribution in [2.45, 2.75) is 57.7 Å². The predicted octanol–water partition coefficient (Wildman–Crippen LogP) is 8.21. The predicted molar refractivity (Wildman–Crippen MR) is 203 cm³/mol. The third kappa shape index (κ3) is 6.66. The highest BCUT2D eigenvalue weighted by atomic mass is 16.5. The Morgan fingerprint density at radius 1 is 0.904 bits per heavy atom. The lowest BCUT2D eigenvalue weighted by atomic mass is 9.92. The molecule has 0 unspecified atom stereocenters. The molecule has 0 spiro atoms. The Morgan fingerprint density at radius 3 is 2.50 bits per heavy atom. The summed E-state index contributed by atoms with van der Waals surface area (Å²) in [5.74, 6) is 1.27. The summed E-state index contributed by atoms with van der Waals surface area (Å²) < 4.78 is 22.3. The van der Waals surface area contributed by atoms with Crippen molar-refractivity contribution in [1.82, 2.24) is 19.2 Å². The molecule has 52 heavy (non-hydrogen) atoms. The lowest BCUT2D eigenvalue weighted by molar-refractivity contribution is 0.0683. The summed E-state index contributed by atoms with van der Waals surface area (Å²) in [6.07, 6.45) is 4.18. The van der Waals surface area contributed by atoms with Gasteiger partial charge in [0.05, 0.1) is 17.8 Å². The number of ether oxygens (including phenoxy) is 3. The fourth-order valence-corrected chi connectivity index (χ4v) is 8.22. The minimum atomic E-state index is -0.906. The Labute approximate surface area is 304 Å². The highest BCUT2D eigenvalue weighted by Gasteiger charge is 2.29. The average Bonchev–Trinajstić information content (AvgIpc) is 3.66. The number of aromatic nitrogens is 3. The van der Waals surface area contributed by atoms with Crippen LogP contribution in [0.3, 0.4) is 0 Å². The van der Waals surface area contributed by atoms with E-state index < -0.39 is 5.97 Å². The number of carboxylic acids is 1. The number of hydrogen-bond acceptors (Lipinski definition) is 6. The van der Waals surface area contributed by atoms with E-state index in [1.807, 2.05) is 40.6 Å². The SMILES string of the molecule is CN1CCCn2c(C(=O)O)c(CCCOc3cccc4ccccc34)c3cccc(c32)-c2c(COc3ccc(C4CCOCC4)cc3)nn(C)c2C1. The number of nitrogens with zero attached hydrogens (tertiary/aromatic N) is 4. The summed E-state index contributed by atoms with van der Waals surface area (Å²) in [7, 11) is 4.11. The minimum Gasteiger partial charge on any atom is -0.493 e. The number of carboxylic acid groups (broad SMARTS) is 1. The molecule has 1 fully saturated rings. The van der Waals surface area contributed by atoms with Gasteiger partial charge in [-0.25, -0.2) is 4.79 Å². The summed E-state index contributed by atoms with van der Waals surface area (Å²) in [5.41, 5.74) is 7.42. The molecule has 6 aromatic rings. The molecule has 4 heterocycles. The van der Waals surface area contributed by atoms with Crippen LogP contribution in [-0.4, -0.2) is 63.7 Å². The van der Waals surface area contributed by atoms with Crippen LogP contribution in [0.4, 0.5) is 0 Å². The largest absolute Gasteiger partial charge is 0.493 e. The molecule has 4 aromatic carbocycles. The quantitative estimate of drug-likeness (QED) is 0.144. The number of benzene rings is 4. The second-order valence-electron chi connectivity index (χ2n) is 14.1. The molecule has 0 amide bonds. The van der Waals surface area contributed by atoms with Crippen LogP contribution in [0.2, 0.25) is 0 Å². The number of aryl methyl sites for hydroxylation is 3. The fraction of sp³-hybridized carbons (Fsp3) is 0.349. The van der Waals surface area contributed by atoms with Crippen LogP contribution in [0, 0.1) is 0 Å². The van der Waals surface area contributed by atoms with E-state index in [0.29, 0.717) is 44.2 Å². The van der Waals surface area contributed by atoms with Gasteiger partial charge in [-0.2, -0.15) is 5.10 Å². The molecular formula is C43H46N4O5. The van der Waals surface area contributed by atoms with E-state index in [2.05, 4.69) is 72.6 Å². The molecule has 1 saturated heterocycles. The van der Waals surface area contributed by atoms with Crippen molar-refractivity contribution < 1.29 is 24.1 Å². The van der Waals surface area contributed by atoms with Crippen LogP contribution >= 0.6 is 0 Å². The van der Waals surface area contributed by atoms with E-state index in [1.165, 1.54) is 5.56 Å². The van der Waals surface area contributed by atoms with Gasteiger partial charge in [0.2, 0.25) is 0 Å². The van der Waals surface area contributed by atoms with E-state index in [1.54, 1.807) is 0 Å². The Kier molecular flexibility index (Phi) is 9.71. The molecule has 9 nitrogen and oxygen atoms in total. The molecular weight excluding hydrogens is 652 g/mol. The third-order valence-corrected chi connectivity index (χ3v) is 10.8. The van der Waals surface area contributed by atoms with Crippen LogP contribution in [0.5, 0.6) is 11.5 Å². The lowest BCUT2D eigenvalue weighted by Crippen LogP contribution is -2.23. The molecule has 268 valence electrons. The van der Waals surface area contributed by atoms with Crippen molar-refractivity contribution in [2.24, 2.45) is 7.05 Å². The van der Waals surface area contributed by atoms with Gasteiger partial charge in [-0.15, -0.1) is 0 Å². The van der Waals surface area contributed by atoms with Gasteiger partial charge < -0.3 is 28.8 Å². The number of carbonyl (C=O) groups is 1. The first-order valence-corrected chi connectivity index (χ1v) is 18.5. The molecule has 0 atom stereocenters. The summed E-state index contributed by atoms with van der Waals surface area (Å²) >= 11 is 0. The molecule has 2 aliphatic rings. The zero-order valence-corrected chi connectivity index (χ0v) is 30.0. The molecule has 2 aliphatic heterocycles. The second-order valence-corrected chi connectivity index (χ2v) is 14.1. The molecule has 1 N–H and O–H groups in total. The van der Waals surface area contributed by atoms with Crippen LogP contribution in [0.1, 0.15) is 64.6 Å². The third-order valence-electron chi connectivity index (χ3n) is 10.8. The molecule has 0 aliphatic carbocycles. The standard InChI is InChI=1S/C43H46N4O5/c1-45-22-8-23-47-41-34(35(42(47)43(48)49)14-7-24-51-39-15-5-10-31-9-3-4-11-33(31)39)12-6-13-36(41)40-37(44-46(2)38(40)27-45)28-52-32-18-16-29(17-19-32)30-20-25-50-26-21-30/h3-6,9-13,15-19,30H,7-8,14,20-28H2,1-2H3,(H,48,49). The van der Waals surface area contributed by atoms with Gasteiger partial charge in [0, 0.05) is 55.3 Å². The summed E-state index contributed by atoms with van der Waals surface area (Å²) in [6.45, 7) is 4.56. The van der Waals surface area contributed by atoms with E-state index in [0.717, 1.165) is 107 Å². The van der Waals surface area contributed by atoms with Crippen molar-refractivity contribution in [3.63, 3.8) is 0 Å². The Bertz CT molecular complexity index is 2210. The zero-order chi connectivity index (χ0) is 35.6. The first kappa shape index (κ1) is 34.0. The Morgan fingerprint density at radius 2 is 1.67 bits per heavy atom. The topological polar surface area (TPSA) is 91.0 Å². The lowest BCUT2D eigenvalue weighted by Gasteiger charge is -2.22. The zero-order valence-electron chi connectivity index (χ0n) is 30.0. The number of fused-ring (bicyclic) bond motifs is 3. The Balaban J connectivity index is 1.12. The first-order chi connectivity index (χ1) is 25.5. The molecule has 0 radical (unpaired) electrons. The van der Waals surface area contributed by atoms with Crippen molar-refractivity contribution in [3.8, 4) is 22.6 Å². The maximum atomic E-state index is 13.1. The summed E-state index contributed by atoms with van der Waals surface area (Å²) in [6, 6.07) is 29.0. The van der Waals surface area contributed by atoms with E-state index in [4.69, 9.17) is 19.3 Å². The number of aromatic carboxylic acids is 1. The minimum absolute atomic E-state index is 0.296. The van der Waals surface area contributed by atoms with Crippen molar-refractivity contribution >= 4 is 27.6 Å². The monoisotopic (exact) mass is 698 g/mol. The number of para-hydroxylation sites is 1. The van der Waals surface area contributed by atoms with Gasteiger partial charge in [0.1, 0.15) is 29.5 Å². The maximum absolute atomic E-state index is 13.1. The molecule has 2 aromatic heterocycles. The highest BCUT2D eigenvalue weighted by molar-refractivity contribution is 6.04. The van der Waals surface area contributed by atoms with Crippen LogP contribution < -0.4 is 9.47 Å². The van der Waals surface area contributed by atoms with E-state index in [9.17, 15) is 9.90 Å². The normalized spacial score (nSPS) is 15.5. The smallest absolute Gasteiger partial charge is 0.352 e. The van der Waals surface area contributed by atoms with Crippen molar-refractivity contribution in [2.75, 3.05) is 33.4 Å². The van der Waals surface area contributed by atoms with Gasteiger partial charge in [-0.3, -0.25) is 4.68 Å². The van der Waals surface area contributed by atoms with Gasteiger partial charge >= 0.3 is 5.97 Å². The molecule has 0 saturated carbocycles. The molecule has 9 heteroatoms. The Hall–Kier alpha value is -5.12. The van der Waals surface area contributed by atoms with Crippen molar-refractivity contribution in [3.05, 3.63) is 113 Å². The average molecular weight is 699 g/mol. The van der Waals surface area contributed by atoms with Crippen LogP contribution in [0.25, 0.3) is 32.8 Å². The molecule has 0 bridgehead atoms. The van der Waals surface area contributed by atoms with Gasteiger partial charge in [0.15, 0.2) is 0 Å². The van der Waals surface area contributed by atoms with Gasteiger partial charge in [0.25, 0.3) is 0 Å². The molecule has 8 rings (SSSR count). The second kappa shape index (κ2) is 14.9. The maximum Gasteiger partial charge on any atom is 0.352 e. The van der Waals surface area contributed by atoms with Gasteiger partial charge in [-0.05, 0) is 86.3 Å². The van der Waals surface area contributed by atoms with Crippen LogP contribution in [0.15, 0.2) is 84.9 Å². The summed E-state index contributed by atoms with van der Waals surface area (Å²) in [5, 5.41) is 19.0. The van der Waals surface area contributed by atoms with E-state index in [-0.39, 0.29) is 0 Å². The highest BCUT2D eigenvalue weighted by Crippen LogP contribution is 2.40. The number of hydrogen-bond donors (Lipinski definition) is 1. The summed E-state index contributed by atoms with van der Waals surface area (Å²) in [4.78, 5) is 15.4. The first-order valence-electron chi connectivity index (χ1n) is 18.5. The van der Waals surface area contributed by atoms with E-state index >= 15 is 0 Å². The fourth-order valence-electron chi connectivity index (χ4n) is 8.22. The van der Waals surface area contributed by atoms with Crippen molar-refractivity contribution in [1.29, 1.82) is 0 Å². The number of rotatable bonds is 10. The van der Waals surface area contributed by atoms with Gasteiger partial charge in [-0.1, -0.05) is 66.7 Å².